The summed E-state index contributed by atoms with van der Waals surface area (Å²) >= 11 is 0. The first-order chi connectivity index (χ1) is 13.5. The Morgan fingerprint density at radius 3 is 2.25 bits per heavy atom. The van der Waals surface area contributed by atoms with Gasteiger partial charge in [0, 0.05) is 25.2 Å². The van der Waals surface area contributed by atoms with Crippen molar-refractivity contribution in [2.24, 2.45) is 0 Å². The van der Waals surface area contributed by atoms with Crippen molar-refractivity contribution in [3.05, 3.63) is 59.9 Å². The second-order valence-electron chi connectivity index (χ2n) is 7.00. The van der Waals surface area contributed by atoms with Crippen molar-refractivity contribution in [2.45, 2.75) is 31.8 Å². The van der Waals surface area contributed by atoms with Gasteiger partial charge in [0.25, 0.3) is 5.91 Å². The fourth-order valence-electron chi connectivity index (χ4n) is 3.61. The Hall–Kier alpha value is -3.06. The number of imide groups is 1. The lowest BCUT2D eigenvalue weighted by atomic mass is 10.1. The van der Waals surface area contributed by atoms with Crippen LogP contribution in [0.2, 0.25) is 0 Å². The molecule has 0 saturated carbocycles. The molecule has 0 bridgehead atoms. The van der Waals surface area contributed by atoms with E-state index in [9.17, 15) is 18.8 Å². The Labute approximate surface area is 161 Å². The minimum atomic E-state index is -0.614. The predicted molar refractivity (Wildman–Crippen MR) is 102 cm³/mol. The predicted octanol–water partition coefficient (Wildman–Crippen LogP) is 2.37. The minimum Gasteiger partial charge on any atom is -0.312 e. The van der Waals surface area contributed by atoms with E-state index in [1.165, 1.54) is 24.3 Å². The maximum atomic E-state index is 13.1. The van der Waals surface area contributed by atoms with Gasteiger partial charge in [-0.05, 0) is 48.4 Å². The van der Waals surface area contributed by atoms with Gasteiger partial charge in [-0.15, -0.1) is 0 Å². The Bertz CT molecular complexity index is 911. The minimum absolute atomic E-state index is 0.0660. The summed E-state index contributed by atoms with van der Waals surface area (Å²) in [4.78, 5) is 39.5. The molecule has 2 aliphatic heterocycles. The molecule has 1 N–H and O–H groups in total. The Morgan fingerprint density at radius 1 is 0.929 bits per heavy atom. The lowest BCUT2D eigenvalue weighted by Crippen LogP contribution is -2.38. The first-order valence-electron chi connectivity index (χ1n) is 9.28. The van der Waals surface area contributed by atoms with Crippen LogP contribution in [0.25, 0.3) is 0 Å². The molecular formula is C21H20FN3O3. The number of nitrogens with one attached hydrogen (secondary N) is 1. The molecule has 7 heteroatoms. The number of amides is 3. The summed E-state index contributed by atoms with van der Waals surface area (Å²) in [5.41, 5.74) is 2.21. The first-order valence-corrected chi connectivity index (χ1v) is 9.28. The Kier molecular flexibility index (Phi) is 4.92. The number of benzene rings is 2. The molecule has 2 aromatic carbocycles. The van der Waals surface area contributed by atoms with Crippen LogP contribution in [0.4, 0.5) is 15.8 Å². The monoisotopic (exact) mass is 381 g/mol. The maximum absolute atomic E-state index is 13.1. The quantitative estimate of drug-likeness (QED) is 0.808. The molecule has 0 spiro atoms. The van der Waals surface area contributed by atoms with Crippen molar-refractivity contribution in [1.29, 1.82) is 0 Å². The first kappa shape index (κ1) is 18.3. The van der Waals surface area contributed by atoms with E-state index in [1.807, 2.05) is 24.3 Å². The Balaban J connectivity index is 1.38. The second-order valence-corrected chi connectivity index (χ2v) is 7.00. The molecule has 2 aliphatic rings. The summed E-state index contributed by atoms with van der Waals surface area (Å²) in [5, 5.41) is 3.12. The number of nitrogens with zero attached hydrogens (tertiary/aromatic N) is 2. The van der Waals surface area contributed by atoms with Crippen molar-refractivity contribution < 1.29 is 18.8 Å². The third-order valence-electron chi connectivity index (χ3n) is 5.11. The molecular weight excluding hydrogens is 361 g/mol. The molecule has 1 atom stereocenters. The summed E-state index contributed by atoms with van der Waals surface area (Å²) < 4.78 is 13.1. The van der Waals surface area contributed by atoms with E-state index in [-0.39, 0.29) is 24.1 Å². The van der Waals surface area contributed by atoms with Gasteiger partial charge < -0.3 is 10.2 Å². The molecule has 2 saturated heterocycles. The van der Waals surface area contributed by atoms with Crippen molar-refractivity contribution in [1.82, 2.24) is 5.32 Å². The smallest absolute Gasteiger partial charge is 0.251 e. The van der Waals surface area contributed by atoms with E-state index in [0.717, 1.165) is 29.1 Å². The summed E-state index contributed by atoms with van der Waals surface area (Å²) in [5.74, 6) is -0.925. The number of carbonyl (C=O) groups excluding carboxylic acids is 3. The van der Waals surface area contributed by atoms with Gasteiger partial charge in [-0.2, -0.15) is 0 Å². The van der Waals surface area contributed by atoms with Crippen LogP contribution < -0.4 is 15.1 Å². The third kappa shape index (κ3) is 3.53. The zero-order valence-corrected chi connectivity index (χ0v) is 15.2. The van der Waals surface area contributed by atoms with Gasteiger partial charge in [0.05, 0.1) is 18.2 Å². The van der Waals surface area contributed by atoms with Crippen molar-refractivity contribution in [2.75, 3.05) is 16.3 Å². The highest BCUT2D eigenvalue weighted by atomic mass is 19.1. The third-order valence-corrected chi connectivity index (χ3v) is 5.11. The lowest BCUT2D eigenvalue weighted by molar-refractivity contribution is -0.122. The number of anilines is 2. The highest BCUT2D eigenvalue weighted by Crippen LogP contribution is 2.24. The topological polar surface area (TPSA) is 69.7 Å². The van der Waals surface area contributed by atoms with Crippen LogP contribution in [0.3, 0.4) is 0 Å². The molecule has 2 aromatic rings. The van der Waals surface area contributed by atoms with Gasteiger partial charge in [-0.3, -0.25) is 14.4 Å². The van der Waals surface area contributed by atoms with Gasteiger partial charge in [-0.1, -0.05) is 12.1 Å². The highest BCUT2D eigenvalue weighted by molar-refractivity contribution is 6.22. The fraction of sp³-hybridized carbons (Fsp3) is 0.286. The standard InChI is InChI=1S/C21H20FN3O3/c22-15-5-9-17(10-6-15)25-20(27)12-18(21(25)28)23-13-14-3-7-16(8-4-14)24-11-1-2-19(24)26/h3-10,18,23H,1-2,11-13H2. The average molecular weight is 381 g/mol. The molecule has 0 aromatic heterocycles. The van der Waals surface area contributed by atoms with Gasteiger partial charge in [0.2, 0.25) is 11.8 Å². The van der Waals surface area contributed by atoms with E-state index in [1.54, 1.807) is 4.90 Å². The van der Waals surface area contributed by atoms with Gasteiger partial charge in [0.1, 0.15) is 5.82 Å². The normalized spacial score (nSPS) is 19.8. The van der Waals surface area contributed by atoms with Crippen LogP contribution in [0.5, 0.6) is 0 Å². The number of hydrogen-bond donors (Lipinski definition) is 1. The summed E-state index contributed by atoms with van der Waals surface area (Å²) in [6.45, 7) is 1.17. The van der Waals surface area contributed by atoms with Crippen LogP contribution in [-0.2, 0) is 20.9 Å². The maximum Gasteiger partial charge on any atom is 0.251 e. The van der Waals surface area contributed by atoms with Gasteiger partial charge in [-0.25, -0.2) is 9.29 Å². The van der Waals surface area contributed by atoms with Crippen LogP contribution in [0, 0.1) is 5.82 Å². The van der Waals surface area contributed by atoms with E-state index < -0.39 is 11.9 Å². The number of halogens is 1. The Morgan fingerprint density at radius 2 is 1.61 bits per heavy atom. The molecule has 4 rings (SSSR count). The van der Waals surface area contributed by atoms with Crippen molar-refractivity contribution in [3.8, 4) is 0 Å². The van der Waals surface area contributed by atoms with E-state index in [2.05, 4.69) is 5.32 Å². The van der Waals surface area contributed by atoms with E-state index in [0.29, 0.717) is 18.7 Å². The average Bonchev–Trinajstić information content (AvgIpc) is 3.24. The summed E-state index contributed by atoms with van der Waals surface area (Å²) in [6, 6.07) is 12.3. The lowest BCUT2D eigenvalue weighted by Gasteiger charge is -2.17. The van der Waals surface area contributed by atoms with Gasteiger partial charge >= 0.3 is 0 Å². The van der Waals surface area contributed by atoms with E-state index >= 15 is 0 Å². The highest BCUT2D eigenvalue weighted by Gasteiger charge is 2.39. The number of hydrogen-bond acceptors (Lipinski definition) is 4. The molecule has 1 unspecified atom stereocenters. The zero-order valence-electron chi connectivity index (χ0n) is 15.2. The fourth-order valence-corrected chi connectivity index (χ4v) is 3.61. The molecule has 2 fully saturated rings. The number of carbonyl (C=O) groups is 3. The number of rotatable bonds is 5. The van der Waals surface area contributed by atoms with Crippen LogP contribution >= 0.6 is 0 Å². The molecule has 3 amide bonds. The molecule has 28 heavy (non-hydrogen) atoms. The largest absolute Gasteiger partial charge is 0.312 e. The van der Waals surface area contributed by atoms with Crippen LogP contribution in [0.1, 0.15) is 24.8 Å². The molecule has 144 valence electrons. The molecule has 0 aliphatic carbocycles. The molecule has 0 radical (unpaired) electrons. The molecule has 6 nitrogen and oxygen atoms in total. The molecule has 2 heterocycles. The van der Waals surface area contributed by atoms with Gasteiger partial charge in [0.15, 0.2) is 0 Å². The van der Waals surface area contributed by atoms with Crippen LogP contribution in [-0.4, -0.2) is 30.3 Å². The SMILES string of the molecule is O=C1CCCN1c1ccc(CNC2CC(=O)N(c3ccc(F)cc3)C2=O)cc1. The summed E-state index contributed by atoms with van der Waals surface area (Å²) in [6.07, 6.45) is 1.53. The van der Waals surface area contributed by atoms with Crippen LogP contribution in [0.15, 0.2) is 48.5 Å². The van der Waals surface area contributed by atoms with Crippen molar-refractivity contribution >= 4 is 29.1 Å². The summed E-state index contributed by atoms with van der Waals surface area (Å²) in [7, 11) is 0. The van der Waals surface area contributed by atoms with Crippen molar-refractivity contribution in [3.63, 3.8) is 0 Å². The zero-order chi connectivity index (χ0) is 19.7. The second kappa shape index (κ2) is 7.52. The van der Waals surface area contributed by atoms with E-state index in [4.69, 9.17) is 0 Å².